The summed E-state index contributed by atoms with van der Waals surface area (Å²) in [5, 5.41) is 9.54. The molecule has 2 aliphatic rings. The summed E-state index contributed by atoms with van der Waals surface area (Å²) in [4.78, 5) is 1.45. The van der Waals surface area contributed by atoms with E-state index in [1.165, 1.54) is 43.7 Å². The maximum Gasteiger partial charge on any atom is 0.376 e. The smallest absolute Gasteiger partial charge is 0.376 e. The van der Waals surface area contributed by atoms with Gasteiger partial charge in [0.2, 0.25) is 0 Å². The van der Waals surface area contributed by atoms with Crippen molar-refractivity contribution in [2.75, 3.05) is 19.8 Å². The van der Waals surface area contributed by atoms with E-state index in [2.05, 4.69) is 0 Å². The summed E-state index contributed by atoms with van der Waals surface area (Å²) < 4.78 is 32.4. The molecule has 1 N–H and O–H groups in total. The minimum Gasteiger partial charge on any atom is -0.437 e. The van der Waals surface area contributed by atoms with E-state index in [4.69, 9.17) is 4.74 Å². The third-order valence-corrected chi connectivity index (χ3v) is 4.29. The molecule has 0 aromatic rings. The first-order valence-corrected chi connectivity index (χ1v) is 7.37. The molecule has 2 fully saturated rings. The Labute approximate surface area is 114 Å². The van der Waals surface area contributed by atoms with Crippen molar-refractivity contribution in [3.8, 4) is 0 Å². The highest BCUT2D eigenvalue weighted by molar-refractivity contribution is 6.45. The second-order valence-electron chi connectivity index (χ2n) is 6.06. The summed E-state index contributed by atoms with van der Waals surface area (Å²) in [6.07, 6.45) is 6.01. The Balaban J connectivity index is 1.74. The van der Waals surface area contributed by atoms with Gasteiger partial charge in [-0.3, -0.25) is 0 Å². The first-order chi connectivity index (χ1) is 8.98. The normalized spacial score (nSPS) is 28.7. The zero-order valence-corrected chi connectivity index (χ0v) is 11.7. The minimum atomic E-state index is -2.70. The van der Waals surface area contributed by atoms with Crippen molar-refractivity contribution >= 4 is 7.05 Å². The Bertz CT molecular complexity index is 286. The van der Waals surface area contributed by atoms with E-state index in [0.29, 0.717) is 19.1 Å². The van der Waals surface area contributed by atoms with Gasteiger partial charge in [0.05, 0.1) is 13.2 Å². The van der Waals surface area contributed by atoms with Gasteiger partial charge in [0.1, 0.15) is 0 Å². The second-order valence-corrected chi connectivity index (χ2v) is 6.06. The van der Waals surface area contributed by atoms with Crippen LogP contribution in [0.3, 0.4) is 0 Å². The maximum atomic E-state index is 13.4. The van der Waals surface area contributed by atoms with Crippen molar-refractivity contribution in [3.05, 3.63) is 0 Å². The average Bonchev–Trinajstić information content (AvgIpc) is 2.66. The van der Waals surface area contributed by atoms with E-state index in [1.807, 2.05) is 0 Å². The topological polar surface area (TPSA) is 32.7 Å². The van der Waals surface area contributed by atoms with Gasteiger partial charge in [0, 0.05) is 19.1 Å². The Morgan fingerprint density at radius 1 is 1.26 bits per heavy atom. The molecule has 0 amide bonds. The molecule has 1 saturated heterocycles. The first-order valence-electron chi connectivity index (χ1n) is 7.37. The van der Waals surface area contributed by atoms with Gasteiger partial charge in [0.25, 0.3) is 5.92 Å². The van der Waals surface area contributed by atoms with Crippen molar-refractivity contribution in [2.24, 2.45) is 5.92 Å². The Morgan fingerprint density at radius 2 is 1.95 bits per heavy atom. The quantitative estimate of drug-likeness (QED) is 0.782. The number of alkyl halides is 2. The van der Waals surface area contributed by atoms with Crippen molar-refractivity contribution in [2.45, 2.75) is 57.3 Å². The molecule has 0 spiro atoms. The van der Waals surface area contributed by atoms with E-state index in [0.717, 1.165) is 0 Å². The lowest BCUT2D eigenvalue weighted by Gasteiger charge is -2.26. The number of hydrogen-bond donors (Lipinski definition) is 1. The van der Waals surface area contributed by atoms with E-state index in [9.17, 15) is 13.8 Å². The standard InChI is InChI=1S/C13H24BF2NO2/c1-14(18)17-10-13(15,16)7-12(17)9-19-8-11-5-3-2-4-6-11/h11-12,18H,2-10H2,1H3/t12-/m0/s1. The molecule has 2 rings (SSSR count). The van der Waals surface area contributed by atoms with Crippen LogP contribution in [0.4, 0.5) is 8.78 Å². The summed E-state index contributed by atoms with van der Waals surface area (Å²) in [5.74, 6) is -2.11. The van der Waals surface area contributed by atoms with Gasteiger partial charge in [-0.05, 0) is 25.6 Å². The first kappa shape index (κ1) is 15.2. The maximum absolute atomic E-state index is 13.4. The zero-order valence-electron chi connectivity index (χ0n) is 11.7. The summed E-state index contributed by atoms with van der Waals surface area (Å²) in [6, 6.07) is -0.362. The van der Waals surface area contributed by atoms with E-state index < -0.39 is 13.0 Å². The Morgan fingerprint density at radius 3 is 2.58 bits per heavy atom. The fourth-order valence-corrected chi connectivity index (χ4v) is 3.24. The van der Waals surface area contributed by atoms with E-state index in [1.54, 1.807) is 0 Å². The monoisotopic (exact) mass is 275 g/mol. The molecule has 1 saturated carbocycles. The van der Waals surface area contributed by atoms with Crippen LogP contribution in [0.5, 0.6) is 0 Å². The van der Waals surface area contributed by atoms with Crippen LogP contribution >= 0.6 is 0 Å². The average molecular weight is 275 g/mol. The van der Waals surface area contributed by atoms with Crippen LogP contribution in [0.15, 0.2) is 0 Å². The lowest BCUT2D eigenvalue weighted by Crippen LogP contribution is -2.43. The number of nitrogens with zero attached hydrogens (tertiary/aromatic N) is 1. The molecule has 1 aliphatic carbocycles. The van der Waals surface area contributed by atoms with Crippen LogP contribution in [-0.2, 0) is 4.74 Å². The fraction of sp³-hybridized carbons (Fsp3) is 1.00. The van der Waals surface area contributed by atoms with Crippen LogP contribution in [0.25, 0.3) is 0 Å². The molecule has 0 unspecified atom stereocenters. The van der Waals surface area contributed by atoms with Gasteiger partial charge in [-0.15, -0.1) is 0 Å². The number of halogens is 2. The molecule has 3 nitrogen and oxygen atoms in total. The molecule has 6 heteroatoms. The molecule has 0 radical (unpaired) electrons. The largest absolute Gasteiger partial charge is 0.437 e. The van der Waals surface area contributed by atoms with Gasteiger partial charge < -0.3 is 14.6 Å². The highest BCUT2D eigenvalue weighted by Crippen LogP contribution is 2.32. The molecule has 19 heavy (non-hydrogen) atoms. The molecule has 1 heterocycles. The molecule has 110 valence electrons. The van der Waals surface area contributed by atoms with Gasteiger partial charge in [-0.25, -0.2) is 8.78 Å². The zero-order chi connectivity index (χ0) is 13.9. The summed E-state index contributed by atoms with van der Waals surface area (Å²) >= 11 is 0. The second kappa shape index (κ2) is 6.50. The SMILES string of the molecule is CB(O)N1CC(F)(F)C[C@H]1COCC1CCCCC1. The van der Waals surface area contributed by atoms with Crippen LogP contribution < -0.4 is 0 Å². The van der Waals surface area contributed by atoms with Crippen molar-refractivity contribution in [3.63, 3.8) is 0 Å². The lowest BCUT2D eigenvalue weighted by molar-refractivity contribution is 0.0127. The fourth-order valence-electron chi connectivity index (χ4n) is 3.24. The van der Waals surface area contributed by atoms with Gasteiger partial charge in [-0.2, -0.15) is 0 Å². The van der Waals surface area contributed by atoms with Crippen LogP contribution in [0, 0.1) is 5.92 Å². The summed E-state index contributed by atoms with van der Waals surface area (Å²) in [6.45, 7) is 2.16. The third kappa shape index (κ3) is 4.40. The van der Waals surface area contributed by atoms with E-state index >= 15 is 0 Å². The molecular weight excluding hydrogens is 251 g/mol. The van der Waals surface area contributed by atoms with Crippen LogP contribution in [-0.4, -0.2) is 48.6 Å². The molecule has 1 atom stereocenters. The highest BCUT2D eigenvalue weighted by Gasteiger charge is 2.47. The van der Waals surface area contributed by atoms with Crippen LogP contribution in [0.2, 0.25) is 6.82 Å². The van der Waals surface area contributed by atoms with Crippen molar-refractivity contribution < 1.29 is 18.5 Å². The number of ether oxygens (including phenoxy) is 1. The molecule has 0 aromatic heterocycles. The number of hydrogen-bond acceptors (Lipinski definition) is 3. The van der Waals surface area contributed by atoms with Gasteiger partial charge in [-0.1, -0.05) is 19.3 Å². The molecule has 0 bridgehead atoms. The molecular formula is C13H24BF2NO2. The summed E-state index contributed by atoms with van der Waals surface area (Å²) in [7, 11) is -0.836. The van der Waals surface area contributed by atoms with Crippen molar-refractivity contribution in [1.82, 2.24) is 4.81 Å². The van der Waals surface area contributed by atoms with E-state index in [-0.39, 0.29) is 19.0 Å². The summed E-state index contributed by atoms with van der Waals surface area (Å²) in [5.41, 5.74) is 0. The minimum absolute atomic E-state index is 0.206. The predicted octanol–water partition coefficient (Wildman–Crippen LogP) is 2.40. The number of rotatable bonds is 5. The van der Waals surface area contributed by atoms with Crippen molar-refractivity contribution in [1.29, 1.82) is 0 Å². The Hall–Kier alpha value is -0.195. The van der Waals surface area contributed by atoms with Crippen LogP contribution in [0.1, 0.15) is 38.5 Å². The predicted molar refractivity (Wildman–Crippen MR) is 71.3 cm³/mol. The Kier molecular flexibility index (Phi) is 5.20. The molecule has 0 aromatic carbocycles. The van der Waals surface area contributed by atoms with Gasteiger partial charge in [0.15, 0.2) is 0 Å². The molecule has 1 aliphatic heterocycles. The van der Waals surface area contributed by atoms with Gasteiger partial charge >= 0.3 is 7.05 Å². The highest BCUT2D eigenvalue weighted by atomic mass is 19.3. The third-order valence-electron chi connectivity index (χ3n) is 4.29. The lowest BCUT2D eigenvalue weighted by atomic mass is 9.84.